The van der Waals surface area contributed by atoms with Crippen molar-refractivity contribution in [1.29, 1.82) is 0 Å². The van der Waals surface area contributed by atoms with Gasteiger partial charge in [0.2, 0.25) is 0 Å². The van der Waals surface area contributed by atoms with E-state index in [9.17, 15) is 0 Å². The first kappa shape index (κ1) is 29.9. The van der Waals surface area contributed by atoms with Gasteiger partial charge in [-0.05, 0) is 48.1 Å². The summed E-state index contributed by atoms with van der Waals surface area (Å²) in [7, 11) is 0. The summed E-state index contributed by atoms with van der Waals surface area (Å²) in [6.07, 6.45) is 17.3. The Balaban J connectivity index is 1.52. The van der Waals surface area contributed by atoms with E-state index >= 15 is 8.78 Å². The predicted octanol–water partition coefficient (Wildman–Crippen LogP) is 11.3. The van der Waals surface area contributed by atoms with Crippen LogP contribution >= 0.6 is 0 Å². The van der Waals surface area contributed by atoms with E-state index in [2.05, 4.69) is 13.8 Å². The predicted molar refractivity (Wildman–Crippen MR) is 158 cm³/mol. The second-order valence-electron chi connectivity index (χ2n) is 10.5. The molecule has 0 heterocycles. The van der Waals surface area contributed by atoms with Gasteiger partial charge in [-0.1, -0.05) is 133 Å². The lowest BCUT2D eigenvalue weighted by molar-refractivity contribution is 0.304. The molecule has 0 spiro atoms. The molecule has 0 saturated carbocycles. The molecule has 0 aliphatic rings. The summed E-state index contributed by atoms with van der Waals surface area (Å²) in [4.78, 5) is 0. The van der Waals surface area contributed by atoms with Crippen molar-refractivity contribution in [1.82, 2.24) is 0 Å². The highest BCUT2D eigenvalue weighted by Gasteiger charge is 2.16. The first-order chi connectivity index (χ1) is 18.6. The summed E-state index contributed by atoms with van der Waals surface area (Å²) in [5.41, 5.74) is 3.16. The van der Waals surface area contributed by atoms with Crippen LogP contribution in [0.2, 0.25) is 0 Å². The molecule has 0 aliphatic carbocycles. The van der Waals surface area contributed by atoms with E-state index in [0.29, 0.717) is 23.3 Å². The topological polar surface area (TPSA) is 9.23 Å². The summed E-state index contributed by atoms with van der Waals surface area (Å²) in [6.45, 7) is 5.15. The van der Waals surface area contributed by atoms with E-state index in [1.807, 2.05) is 36.4 Å². The fraction of sp³-hybridized carbons (Fsp3) is 0.486. The largest absolute Gasteiger partial charge is 0.494 e. The van der Waals surface area contributed by atoms with E-state index < -0.39 is 11.6 Å². The van der Waals surface area contributed by atoms with Crippen molar-refractivity contribution in [3.63, 3.8) is 0 Å². The molecule has 3 aromatic carbocycles. The summed E-state index contributed by atoms with van der Waals surface area (Å²) < 4.78 is 36.0. The van der Waals surface area contributed by atoms with Crippen molar-refractivity contribution in [3.05, 3.63) is 77.9 Å². The van der Waals surface area contributed by atoms with Crippen LogP contribution in [0.5, 0.6) is 5.75 Å². The molecule has 0 unspecified atom stereocenters. The van der Waals surface area contributed by atoms with Crippen LogP contribution in [-0.2, 0) is 6.42 Å². The van der Waals surface area contributed by atoms with E-state index in [0.717, 1.165) is 18.6 Å². The second kappa shape index (κ2) is 17.0. The highest BCUT2D eigenvalue weighted by molar-refractivity contribution is 5.72. The lowest BCUT2D eigenvalue weighted by Crippen LogP contribution is -1.98. The SMILES string of the molecule is CCCCCCCCCOc1ccc(-c2ccc(-c3ccc(CCCCCCCC)cc3)c(F)c2F)cc1. The minimum atomic E-state index is -0.810. The van der Waals surface area contributed by atoms with Gasteiger partial charge in [0.05, 0.1) is 6.61 Å². The molecule has 0 aliphatic heterocycles. The highest BCUT2D eigenvalue weighted by Crippen LogP contribution is 2.32. The first-order valence-electron chi connectivity index (χ1n) is 14.9. The standard InChI is InChI=1S/C35H46F2O/c1-3-5-7-9-11-13-15-27-38-31-23-21-30(22-24-31)33-26-25-32(34(36)35(33)37)29-19-17-28(18-20-29)16-14-12-10-8-6-4-2/h17-26H,3-16,27H2,1-2H3. The van der Waals surface area contributed by atoms with E-state index in [1.54, 1.807) is 24.3 Å². The summed E-state index contributed by atoms with van der Waals surface area (Å²) in [6, 6.07) is 18.5. The Morgan fingerprint density at radius 2 is 0.947 bits per heavy atom. The van der Waals surface area contributed by atoms with Gasteiger partial charge in [-0.3, -0.25) is 0 Å². The van der Waals surface area contributed by atoms with E-state index in [1.165, 1.54) is 82.6 Å². The van der Waals surface area contributed by atoms with E-state index in [4.69, 9.17) is 4.74 Å². The van der Waals surface area contributed by atoms with Crippen molar-refractivity contribution < 1.29 is 13.5 Å². The lowest BCUT2D eigenvalue weighted by atomic mass is 9.97. The van der Waals surface area contributed by atoms with Gasteiger partial charge < -0.3 is 4.74 Å². The molecule has 38 heavy (non-hydrogen) atoms. The Morgan fingerprint density at radius 1 is 0.500 bits per heavy atom. The molecular formula is C35H46F2O. The Morgan fingerprint density at radius 3 is 1.47 bits per heavy atom. The van der Waals surface area contributed by atoms with Gasteiger partial charge in [0.25, 0.3) is 0 Å². The minimum Gasteiger partial charge on any atom is -0.494 e. The quantitative estimate of drug-likeness (QED) is 0.152. The Hall–Kier alpha value is -2.68. The fourth-order valence-electron chi connectivity index (χ4n) is 4.94. The lowest BCUT2D eigenvalue weighted by Gasteiger charge is -2.11. The van der Waals surface area contributed by atoms with Crippen molar-refractivity contribution in [2.24, 2.45) is 0 Å². The number of unbranched alkanes of at least 4 members (excludes halogenated alkanes) is 11. The smallest absolute Gasteiger partial charge is 0.167 e. The maximum absolute atomic E-state index is 15.1. The van der Waals surface area contributed by atoms with E-state index in [-0.39, 0.29) is 5.56 Å². The van der Waals surface area contributed by atoms with Gasteiger partial charge in [-0.2, -0.15) is 0 Å². The van der Waals surface area contributed by atoms with Crippen LogP contribution in [-0.4, -0.2) is 6.61 Å². The number of hydrogen-bond acceptors (Lipinski definition) is 1. The second-order valence-corrected chi connectivity index (χ2v) is 10.5. The average molecular weight is 521 g/mol. The zero-order chi connectivity index (χ0) is 27.0. The first-order valence-corrected chi connectivity index (χ1v) is 14.9. The Kier molecular flexibility index (Phi) is 13.4. The summed E-state index contributed by atoms with van der Waals surface area (Å²) in [5, 5.41) is 0. The van der Waals surface area contributed by atoms with Gasteiger partial charge in [-0.15, -0.1) is 0 Å². The molecule has 3 aromatic rings. The maximum atomic E-state index is 15.1. The molecule has 0 atom stereocenters. The molecule has 1 nitrogen and oxygen atoms in total. The maximum Gasteiger partial charge on any atom is 0.167 e. The van der Waals surface area contributed by atoms with Crippen molar-refractivity contribution in [2.45, 2.75) is 104 Å². The number of halogens is 2. The third kappa shape index (κ3) is 9.57. The molecule has 0 amide bonds. The molecule has 0 fully saturated rings. The third-order valence-electron chi connectivity index (χ3n) is 7.35. The van der Waals surface area contributed by atoms with Gasteiger partial charge in [0.15, 0.2) is 11.6 Å². The van der Waals surface area contributed by atoms with Gasteiger partial charge in [0, 0.05) is 11.1 Å². The normalized spacial score (nSPS) is 11.2. The molecule has 3 heteroatoms. The number of ether oxygens (including phenoxy) is 1. The molecule has 0 bridgehead atoms. The molecule has 0 saturated heterocycles. The van der Waals surface area contributed by atoms with Crippen LogP contribution in [0.4, 0.5) is 8.78 Å². The van der Waals surface area contributed by atoms with Gasteiger partial charge in [0.1, 0.15) is 5.75 Å². The van der Waals surface area contributed by atoms with Crippen LogP contribution in [0.25, 0.3) is 22.3 Å². The van der Waals surface area contributed by atoms with Gasteiger partial charge >= 0.3 is 0 Å². The van der Waals surface area contributed by atoms with Crippen LogP contribution in [0.1, 0.15) is 103 Å². The molecule has 0 radical (unpaired) electrons. The summed E-state index contributed by atoms with van der Waals surface area (Å²) >= 11 is 0. The average Bonchev–Trinajstić information content (AvgIpc) is 2.94. The Bertz CT molecular complexity index is 1060. The third-order valence-corrected chi connectivity index (χ3v) is 7.35. The molecule has 206 valence electrons. The molecule has 3 rings (SSSR count). The zero-order valence-electron chi connectivity index (χ0n) is 23.5. The van der Waals surface area contributed by atoms with Crippen molar-refractivity contribution in [3.8, 4) is 28.0 Å². The van der Waals surface area contributed by atoms with Crippen LogP contribution < -0.4 is 4.74 Å². The van der Waals surface area contributed by atoms with Crippen LogP contribution in [0.15, 0.2) is 60.7 Å². The monoisotopic (exact) mass is 520 g/mol. The summed E-state index contributed by atoms with van der Waals surface area (Å²) in [5.74, 6) is -0.848. The Labute approximate surface area is 229 Å². The highest BCUT2D eigenvalue weighted by atomic mass is 19.2. The fourth-order valence-corrected chi connectivity index (χ4v) is 4.94. The van der Waals surface area contributed by atoms with Crippen molar-refractivity contribution >= 4 is 0 Å². The number of benzene rings is 3. The number of rotatable bonds is 18. The molecular weight excluding hydrogens is 474 g/mol. The van der Waals surface area contributed by atoms with Crippen LogP contribution in [0, 0.1) is 11.6 Å². The molecule has 0 N–H and O–H groups in total. The number of aryl methyl sites for hydroxylation is 1. The van der Waals surface area contributed by atoms with Crippen LogP contribution in [0.3, 0.4) is 0 Å². The number of hydrogen-bond donors (Lipinski definition) is 0. The van der Waals surface area contributed by atoms with Crippen molar-refractivity contribution in [2.75, 3.05) is 6.61 Å². The molecule has 0 aromatic heterocycles. The zero-order valence-corrected chi connectivity index (χ0v) is 23.5. The minimum absolute atomic E-state index is 0.268. The van der Waals surface area contributed by atoms with Gasteiger partial charge in [-0.25, -0.2) is 8.78 Å².